The molecule has 5 aromatic rings. The normalized spacial score (nSPS) is 12.9. The molecule has 0 bridgehead atoms. The van der Waals surface area contributed by atoms with Gasteiger partial charge in [0.15, 0.2) is 0 Å². The van der Waals surface area contributed by atoms with E-state index in [0.29, 0.717) is 35.3 Å². The van der Waals surface area contributed by atoms with Crippen LogP contribution in [0.5, 0.6) is 17.2 Å². The maximum absolute atomic E-state index is 13.1. The van der Waals surface area contributed by atoms with Gasteiger partial charge in [0.25, 0.3) is 11.5 Å². The molecule has 1 aliphatic rings. The monoisotopic (exact) mass is 566 g/mol. The van der Waals surface area contributed by atoms with Crippen molar-refractivity contribution >= 4 is 22.6 Å². The van der Waals surface area contributed by atoms with Crippen molar-refractivity contribution in [1.29, 1.82) is 0 Å². The Morgan fingerprint density at radius 2 is 1.60 bits per heavy atom. The van der Waals surface area contributed by atoms with Gasteiger partial charge in [0, 0.05) is 38.3 Å². The highest BCUT2D eigenvalue weighted by molar-refractivity contribution is 6.04. The van der Waals surface area contributed by atoms with Crippen LogP contribution in [0.2, 0.25) is 0 Å². The molecule has 1 N–H and O–H groups in total. The number of likely N-dealkylation sites (tertiary alicyclic amines) is 1. The summed E-state index contributed by atoms with van der Waals surface area (Å²) in [6.45, 7) is 2.49. The zero-order chi connectivity index (χ0) is 29.5. The number of benzene rings is 2. The van der Waals surface area contributed by atoms with E-state index in [9.17, 15) is 9.59 Å². The SMILES string of the molecule is COc1ccc2c(Oc3ccc(NC(=O)c4c(CN5CCCC5)n(C)n(C)c4=O)nc3)ccnc2c1.c1ccccc1. The lowest BCUT2D eigenvalue weighted by Crippen LogP contribution is -2.26. The van der Waals surface area contributed by atoms with Gasteiger partial charge < -0.3 is 14.8 Å². The summed E-state index contributed by atoms with van der Waals surface area (Å²) in [6, 6.07) is 22.7. The quantitative estimate of drug-likeness (QED) is 0.296. The predicted octanol–water partition coefficient (Wildman–Crippen LogP) is 5.00. The van der Waals surface area contributed by atoms with Crippen LogP contribution >= 0.6 is 0 Å². The molecule has 10 nitrogen and oxygen atoms in total. The van der Waals surface area contributed by atoms with Crippen molar-refractivity contribution in [2.45, 2.75) is 19.4 Å². The number of hydrogen-bond acceptors (Lipinski definition) is 7. The summed E-state index contributed by atoms with van der Waals surface area (Å²) in [7, 11) is 5.07. The van der Waals surface area contributed by atoms with Crippen LogP contribution in [0.3, 0.4) is 0 Å². The lowest BCUT2D eigenvalue weighted by Gasteiger charge is -2.16. The third-order valence-corrected chi connectivity index (χ3v) is 7.22. The van der Waals surface area contributed by atoms with Crippen LogP contribution in [0.15, 0.2) is 90.0 Å². The van der Waals surface area contributed by atoms with Crippen LogP contribution in [0.4, 0.5) is 5.82 Å². The summed E-state index contributed by atoms with van der Waals surface area (Å²) < 4.78 is 14.5. The maximum atomic E-state index is 13.1. The van der Waals surface area contributed by atoms with Gasteiger partial charge in [-0.05, 0) is 56.3 Å². The van der Waals surface area contributed by atoms with Gasteiger partial charge in [-0.15, -0.1) is 0 Å². The largest absolute Gasteiger partial charge is 0.497 e. The zero-order valence-electron chi connectivity index (χ0n) is 24.0. The molecule has 2 aromatic carbocycles. The van der Waals surface area contributed by atoms with Gasteiger partial charge in [-0.25, -0.2) is 4.98 Å². The number of carbonyl (C=O) groups is 1. The van der Waals surface area contributed by atoms with Crippen molar-refractivity contribution in [3.63, 3.8) is 0 Å². The molecule has 1 aliphatic heterocycles. The number of ether oxygens (including phenoxy) is 2. The molecule has 0 saturated carbocycles. The Hall–Kier alpha value is -4.96. The first-order valence-corrected chi connectivity index (χ1v) is 13.8. The second-order valence-corrected chi connectivity index (χ2v) is 9.94. The molecule has 216 valence electrons. The van der Waals surface area contributed by atoms with Crippen molar-refractivity contribution in [1.82, 2.24) is 24.2 Å². The first-order valence-electron chi connectivity index (χ1n) is 13.8. The van der Waals surface area contributed by atoms with E-state index < -0.39 is 5.91 Å². The van der Waals surface area contributed by atoms with Gasteiger partial charge in [-0.3, -0.25) is 28.8 Å². The fourth-order valence-corrected chi connectivity index (χ4v) is 4.85. The Bertz CT molecular complexity index is 1680. The summed E-state index contributed by atoms with van der Waals surface area (Å²) in [5, 5.41) is 3.60. The lowest BCUT2D eigenvalue weighted by molar-refractivity contribution is 0.102. The molecule has 0 radical (unpaired) electrons. The molecule has 6 rings (SSSR count). The molecule has 1 fully saturated rings. The van der Waals surface area contributed by atoms with Crippen LogP contribution in [0.1, 0.15) is 28.9 Å². The van der Waals surface area contributed by atoms with Gasteiger partial charge in [-0.1, -0.05) is 36.4 Å². The fourth-order valence-electron chi connectivity index (χ4n) is 4.85. The second kappa shape index (κ2) is 13.1. The van der Waals surface area contributed by atoms with Crippen LogP contribution in [0.25, 0.3) is 10.9 Å². The first kappa shape index (κ1) is 28.6. The second-order valence-electron chi connectivity index (χ2n) is 9.94. The Morgan fingerprint density at radius 3 is 2.24 bits per heavy atom. The highest BCUT2D eigenvalue weighted by Crippen LogP contribution is 2.30. The minimum atomic E-state index is -0.472. The summed E-state index contributed by atoms with van der Waals surface area (Å²) in [5.41, 5.74) is 1.26. The topological polar surface area (TPSA) is 104 Å². The van der Waals surface area contributed by atoms with E-state index in [2.05, 4.69) is 20.2 Å². The minimum absolute atomic E-state index is 0.146. The molecule has 10 heteroatoms. The summed E-state index contributed by atoms with van der Waals surface area (Å²) in [4.78, 5) is 36.9. The average Bonchev–Trinajstić information content (AvgIpc) is 3.62. The Morgan fingerprint density at radius 1 is 0.905 bits per heavy atom. The van der Waals surface area contributed by atoms with Crippen molar-refractivity contribution in [3.8, 4) is 17.2 Å². The number of pyridine rings is 2. The van der Waals surface area contributed by atoms with Crippen molar-refractivity contribution < 1.29 is 14.3 Å². The van der Waals surface area contributed by atoms with Crippen LogP contribution in [-0.2, 0) is 20.6 Å². The molecule has 3 aromatic heterocycles. The van der Waals surface area contributed by atoms with E-state index in [1.807, 2.05) is 54.6 Å². The summed E-state index contributed by atoms with van der Waals surface area (Å²) in [6.07, 6.45) is 5.45. The highest BCUT2D eigenvalue weighted by Gasteiger charge is 2.25. The molecule has 0 aliphatic carbocycles. The molecule has 42 heavy (non-hydrogen) atoms. The highest BCUT2D eigenvalue weighted by atomic mass is 16.5. The molecule has 0 atom stereocenters. The number of methoxy groups -OCH3 is 1. The predicted molar refractivity (Wildman–Crippen MR) is 162 cm³/mol. The van der Waals surface area contributed by atoms with E-state index in [1.165, 1.54) is 10.9 Å². The number of rotatable bonds is 7. The van der Waals surface area contributed by atoms with Gasteiger partial charge in [-0.2, -0.15) is 0 Å². The molecule has 0 unspecified atom stereocenters. The number of aromatic nitrogens is 4. The smallest absolute Gasteiger partial charge is 0.279 e. The fraction of sp³-hybridized carbons (Fsp3) is 0.250. The van der Waals surface area contributed by atoms with Crippen molar-refractivity contribution in [2.75, 3.05) is 25.5 Å². The van der Waals surface area contributed by atoms with Gasteiger partial charge >= 0.3 is 0 Å². The molecule has 1 saturated heterocycles. The van der Waals surface area contributed by atoms with E-state index in [0.717, 1.165) is 36.8 Å². The minimum Gasteiger partial charge on any atom is -0.497 e. The molecule has 4 heterocycles. The van der Waals surface area contributed by atoms with E-state index in [1.54, 1.807) is 50.3 Å². The average molecular weight is 567 g/mol. The van der Waals surface area contributed by atoms with Crippen LogP contribution in [-0.4, -0.2) is 50.3 Å². The van der Waals surface area contributed by atoms with Gasteiger partial charge in [0.1, 0.15) is 28.6 Å². The number of nitrogens with one attached hydrogen (secondary N) is 1. The zero-order valence-corrected chi connectivity index (χ0v) is 24.0. The Kier molecular flexibility index (Phi) is 8.93. The molecule has 1 amide bonds. The number of carbonyl (C=O) groups excluding carboxylic acids is 1. The Balaban J connectivity index is 0.000000524. The van der Waals surface area contributed by atoms with Crippen molar-refractivity contribution in [2.24, 2.45) is 14.1 Å². The number of fused-ring (bicyclic) bond motifs is 1. The van der Waals surface area contributed by atoms with E-state index >= 15 is 0 Å². The van der Waals surface area contributed by atoms with Gasteiger partial charge in [0.2, 0.25) is 0 Å². The van der Waals surface area contributed by atoms with E-state index in [4.69, 9.17) is 9.47 Å². The van der Waals surface area contributed by atoms with Crippen LogP contribution in [0, 0.1) is 0 Å². The summed E-state index contributed by atoms with van der Waals surface area (Å²) >= 11 is 0. The standard InChI is InChI=1S/C26H28N6O4.C6H6/c1-30-21(16-32-12-4-5-13-32)24(26(34)31(30)2)25(33)29-23-9-7-18(15-28-23)36-22-10-11-27-20-14-17(35-3)6-8-19(20)22;1-2-4-6-5-3-1/h6-11,14-15H,4-5,12-13,16H2,1-3H3,(H,28,29,33);1-6H. The third kappa shape index (κ3) is 6.50. The first-order chi connectivity index (χ1) is 20.4. The molecular weight excluding hydrogens is 532 g/mol. The third-order valence-electron chi connectivity index (χ3n) is 7.22. The maximum Gasteiger partial charge on any atom is 0.279 e. The van der Waals surface area contributed by atoms with Crippen LogP contribution < -0.4 is 20.3 Å². The molecular formula is C32H34N6O4. The van der Waals surface area contributed by atoms with E-state index in [-0.39, 0.29) is 11.1 Å². The van der Waals surface area contributed by atoms with Crippen molar-refractivity contribution in [3.05, 3.63) is 107 Å². The number of nitrogens with zero attached hydrogens (tertiary/aromatic N) is 5. The number of anilines is 1. The van der Waals surface area contributed by atoms with Gasteiger partial charge in [0.05, 0.1) is 24.5 Å². The molecule has 0 spiro atoms. The number of hydrogen-bond donors (Lipinski definition) is 1. The lowest BCUT2D eigenvalue weighted by atomic mass is 10.2. The number of amides is 1. The Labute approximate surface area is 244 Å². The summed E-state index contributed by atoms with van der Waals surface area (Å²) in [5.74, 6) is 1.70.